The molecular weight excluding hydrogens is 479 g/mol. The molecule has 0 aliphatic carbocycles. The number of imidazole rings is 1. The third-order valence-corrected chi connectivity index (χ3v) is 6.56. The summed E-state index contributed by atoms with van der Waals surface area (Å²) < 4.78 is 42.1. The number of alkyl halides is 3. The number of halogens is 3. The van der Waals surface area contributed by atoms with Gasteiger partial charge in [0.15, 0.2) is 0 Å². The largest absolute Gasteiger partial charge is 0.508 e. The SMILES string of the molecule is Cc1cc(C)c(C(=O)N(Cc2nc3cc(C(F)(F)F)ccc3n2-c2ccc(O)cc2C)C(C)C)c(C)c1. The van der Waals surface area contributed by atoms with Crippen molar-refractivity contribution >= 4 is 16.9 Å². The Bertz CT molecular complexity index is 1480. The minimum absolute atomic E-state index is 0.0795. The third-order valence-electron chi connectivity index (χ3n) is 6.56. The Hall–Kier alpha value is -3.81. The molecule has 0 bridgehead atoms. The molecule has 4 aromatic rings. The summed E-state index contributed by atoms with van der Waals surface area (Å²) in [5.41, 5.74) is 4.65. The molecule has 0 saturated heterocycles. The minimum Gasteiger partial charge on any atom is -0.508 e. The molecule has 1 aromatic heterocycles. The van der Waals surface area contributed by atoms with Gasteiger partial charge >= 0.3 is 6.18 Å². The van der Waals surface area contributed by atoms with Crippen LogP contribution in [0.2, 0.25) is 0 Å². The highest BCUT2D eigenvalue weighted by molar-refractivity contribution is 5.97. The highest BCUT2D eigenvalue weighted by Crippen LogP contribution is 2.34. The summed E-state index contributed by atoms with van der Waals surface area (Å²) in [4.78, 5) is 20.1. The van der Waals surface area contributed by atoms with E-state index in [9.17, 15) is 23.1 Å². The van der Waals surface area contributed by atoms with Gasteiger partial charge in [0.05, 0.1) is 28.8 Å². The zero-order valence-electron chi connectivity index (χ0n) is 21.7. The van der Waals surface area contributed by atoms with Crippen molar-refractivity contribution in [1.82, 2.24) is 14.5 Å². The molecule has 0 radical (unpaired) electrons. The van der Waals surface area contributed by atoms with Crippen LogP contribution >= 0.6 is 0 Å². The number of carbonyl (C=O) groups is 1. The number of hydrogen-bond donors (Lipinski definition) is 1. The van der Waals surface area contributed by atoms with E-state index in [1.54, 1.807) is 28.5 Å². The topological polar surface area (TPSA) is 58.4 Å². The lowest BCUT2D eigenvalue weighted by atomic mass is 9.98. The van der Waals surface area contributed by atoms with Crippen molar-refractivity contribution in [3.63, 3.8) is 0 Å². The van der Waals surface area contributed by atoms with E-state index >= 15 is 0 Å². The Morgan fingerprint density at radius 1 is 0.973 bits per heavy atom. The van der Waals surface area contributed by atoms with Crippen LogP contribution in [0, 0.1) is 27.7 Å². The lowest BCUT2D eigenvalue weighted by Crippen LogP contribution is -2.38. The molecule has 4 rings (SSSR count). The van der Waals surface area contributed by atoms with Gasteiger partial charge in [0.25, 0.3) is 5.91 Å². The molecule has 1 amide bonds. The normalized spacial score (nSPS) is 11.9. The number of aromatic hydroxyl groups is 1. The number of phenolic OH excluding ortho intramolecular Hbond substituents is 1. The van der Waals surface area contributed by atoms with E-state index in [1.807, 2.05) is 46.8 Å². The first-order valence-corrected chi connectivity index (χ1v) is 12.0. The molecule has 1 N–H and O–H groups in total. The molecular formula is C29H30F3N3O2. The summed E-state index contributed by atoms with van der Waals surface area (Å²) in [5.74, 6) is 0.338. The predicted molar refractivity (Wildman–Crippen MR) is 138 cm³/mol. The fourth-order valence-corrected chi connectivity index (χ4v) is 4.87. The van der Waals surface area contributed by atoms with Gasteiger partial charge in [0, 0.05) is 11.6 Å². The number of amides is 1. The van der Waals surface area contributed by atoms with Crippen LogP contribution < -0.4 is 0 Å². The molecule has 0 fully saturated rings. The van der Waals surface area contributed by atoms with Gasteiger partial charge in [-0.3, -0.25) is 9.36 Å². The van der Waals surface area contributed by atoms with Crippen LogP contribution in [0.4, 0.5) is 13.2 Å². The molecule has 1 heterocycles. The second-order valence-electron chi connectivity index (χ2n) is 9.84. The van der Waals surface area contributed by atoms with Crippen molar-refractivity contribution in [3.05, 3.63) is 87.7 Å². The van der Waals surface area contributed by atoms with Crippen LogP contribution in [-0.2, 0) is 12.7 Å². The summed E-state index contributed by atoms with van der Waals surface area (Å²) in [6.45, 7) is 11.5. The van der Waals surface area contributed by atoms with E-state index < -0.39 is 11.7 Å². The molecule has 0 aliphatic rings. The highest BCUT2D eigenvalue weighted by atomic mass is 19.4. The number of benzene rings is 3. The second kappa shape index (κ2) is 9.57. The monoisotopic (exact) mass is 509 g/mol. The summed E-state index contributed by atoms with van der Waals surface area (Å²) in [6.07, 6.45) is -4.51. The summed E-state index contributed by atoms with van der Waals surface area (Å²) in [5, 5.41) is 9.93. The zero-order valence-corrected chi connectivity index (χ0v) is 21.7. The lowest BCUT2D eigenvalue weighted by Gasteiger charge is -2.28. The van der Waals surface area contributed by atoms with Crippen LogP contribution in [0.1, 0.15) is 57.8 Å². The lowest BCUT2D eigenvalue weighted by molar-refractivity contribution is -0.137. The van der Waals surface area contributed by atoms with Crippen LogP contribution in [0.25, 0.3) is 16.7 Å². The maximum atomic E-state index is 13.8. The molecule has 0 unspecified atom stereocenters. The van der Waals surface area contributed by atoms with Gasteiger partial charge in [-0.15, -0.1) is 0 Å². The molecule has 0 aliphatic heterocycles. The van der Waals surface area contributed by atoms with Gasteiger partial charge in [-0.2, -0.15) is 13.2 Å². The van der Waals surface area contributed by atoms with Gasteiger partial charge in [0.2, 0.25) is 0 Å². The highest BCUT2D eigenvalue weighted by Gasteiger charge is 2.32. The zero-order chi connectivity index (χ0) is 27.2. The number of phenols is 1. The minimum atomic E-state index is -4.51. The number of aromatic nitrogens is 2. The van der Waals surface area contributed by atoms with Crippen LogP contribution in [0.15, 0.2) is 48.5 Å². The molecule has 3 aromatic carbocycles. The first-order chi connectivity index (χ1) is 17.3. The van der Waals surface area contributed by atoms with Gasteiger partial charge < -0.3 is 10.0 Å². The fraction of sp³-hybridized carbons (Fsp3) is 0.310. The average molecular weight is 510 g/mol. The first kappa shape index (κ1) is 26.3. The summed E-state index contributed by atoms with van der Waals surface area (Å²) >= 11 is 0. The summed E-state index contributed by atoms with van der Waals surface area (Å²) in [6, 6.07) is 12.0. The number of carbonyl (C=O) groups excluding carboxylic acids is 1. The Labute approximate surface area is 214 Å². The quantitative estimate of drug-likeness (QED) is 0.314. The van der Waals surface area contributed by atoms with Crippen molar-refractivity contribution in [1.29, 1.82) is 0 Å². The Kier molecular flexibility index (Phi) is 6.79. The number of hydrogen-bond acceptors (Lipinski definition) is 3. The van der Waals surface area contributed by atoms with Crippen LogP contribution in [-0.4, -0.2) is 31.5 Å². The predicted octanol–water partition coefficient (Wildman–Crippen LogP) is 7.03. The Morgan fingerprint density at radius 2 is 1.62 bits per heavy atom. The summed E-state index contributed by atoms with van der Waals surface area (Å²) in [7, 11) is 0. The Morgan fingerprint density at radius 3 is 2.19 bits per heavy atom. The first-order valence-electron chi connectivity index (χ1n) is 12.0. The molecule has 5 nitrogen and oxygen atoms in total. The van der Waals surface area contributed by atoms with Crippen LogP contribution in [0.3, 0.4) is 0 Å². The van der Waals surface area contributed by atoms with E-state index in [0.717, 1.165) is 28.8 Å². The molecule has 8 heteroatoms. The van der Waals surface area contributed by atoms with Crippen molar-refractivity contribution in [2.45, 2.75) is 60.3 Å². The van der Waals surface area contributed by atoms with Crippen molar-refractivity contribution in [2.75, 3.05) is 0 Å². The maximum Gasteiger partial charge on any atom is 0.416 e. The van der Waals surface area contributed by atoms with Crippen molar-refractivity contribution < 1.29 is 23.1 Å². The molecule has 0 atom stereocenters. The van der Waals surface area contributed by atoms with Gasteiger partial charge in [-0.05, 0) is 94.6 Å². The van der Waals surface area contributed by atoms with Crippen LogP contribution in [0.5, 0.6) is 5.75 Å². The van der Waals surface area contributed by atoms with Gasteiger partial charge in [-0.25, -0.2) is 4.98 Å². The van der Waals surface area contributed by atoms with Crippen molar-refractivity contribution in [2.24, 2.45) is 0 Å². The molecule has 194 valence electrons. The fourth-order valence-electron chi connectivity index (χ4n) is 4.87. The standard InChI is InChI=1S/C29H30F3N3O2/c1-16(2)34(28(37)27-19(5)11-17(3)12-20(27)6)15-26-33-23-14-21(29(30,31)32)7-9-25(23)35(26)24-10-8-22(36)13-18(24)4/h7-14,16,36H,15H2,1-6H3. The molecule has 0 spiro atoms. The number of aryl methyl sites for hydroxylation is 4. The molecule has 37 heavy (non-hydrogen) atoms. The van der Waals surface area contributed by atoms with Crippen molar-refractivity contribution in [3.8, 4) is 11.4 Å². The third kappa shape index (κ3) is 5.05. The maximum absolute atomic E-state index is 13.8. The van der Waals surface area contributed by atoms with Gasteiger partial charge in [0.1, 0.15) is 11.6 Å². The molecule has 0 saturated carbocycles. The van der Waals surface area contributed by atoms with E-state index in [-0.39, 0.29) is 29.8 Å². The van der Waals surface area contributed by atoms with Gasteiger partial charge in [-0.1, -0.05) is 17.7 Å². The number of fused-ring (bicyclic) bond motifs is 1. The number of nitrogens with zero attached hydrogens (tertiary/aromatic N) is 3. The second-order valence-corrected chi connectivity index (χ2v) is 9.84. The Balaban J connectivity index is 1.89. The number of rotatable bonds is 5. The smallest absolute Gasteiger partial charge is 0.416 e. The van der Waals surface area contributed by atoms with E-state index in [0.29, 0.717) is 28.2 Å². The van der Waals surface area contributed by atoms with E-state index in [2.05, 4.69) is 4.98 Å². The van der Waals surface area contributed by atoms with E-state index in [4.69, 9.17) is 0 Å². The van der Waals surface area contributed by atoms with E-state index in [1.165, 1.54) is 12.1 Å². The average Bonchev–Trinajstić information content (AvgIpc) is 3.13.